The quantitative estimate of drug-likeness (QED) is 0.369. The number of hydrogen-bond acceptors (Lipinski definition) is 4. The molecule has 0 atom stereocenters. The summed E-state index contributed by atoms with van der Waals surface area (Å²) in [5.74, 6) is 0. The molecular formula is C26H28ClN5O3. The largest absolute Gasteiger partial charge is 0.395 e. The summed E-state index contributed by atoms with van der Waals surface area (Å²) in [6.45, 7) is 6.50. The molecule has 8 nitrogen and oxygen atoms in total. The lowest BCUT2D eigenvalue weighted by molar-refractivity contribution is 0.251. The monoisotopic (exact) mass is 493 g/mol. The van der Waals surface area contributed by atoms with E-state index in [1.165, 1.54) is 10.6 Å². The summed E-state index contributed by atoms with van der Waals surface area (Å²) >= 11 is 6.19. The number of carbonyl (C=O) groups is 1. The Bertz CT molecular complexity index is 1440. The number of aliphatic hydroxyl groups excluding tert-OH is 1. The van der Waals surface area contributed by atoms with Crippen molar-refractivity contribution in [2.45, 2.75) is 39.3 Å². The normalized spacial score (nSPS) is 11.6. The molecule has 0 radical (unpaired) electrons. The molecule has 9 heteroatoms. The van der Waals surface area contributed by atoms with Crippen molar-refractivity contribution < 1.29 is 9.90 Å². The average molecular weight is 494 g/mol. The van der Waals surface area contributed by atoms with Crippen LogP contribution < -0.4 is 16.2 Å². The van der Waals surface area contributed by atoms with Crippen molar-refractivity contribution in [1.82, 2.24) is 19.7 Å². The Labute approximate surface area is 208 Å². The average Bonchev–Trinajstić information content (AvgIpc) is 3.25. The summed E-state index contributed by atoms with van der Waals surface area (Å²) < 4.78 is 3.27. The molecule has 0 aliphatic rings. The molecule has 4 aromatic rings. The van der Waals surface area contributed by atoms with Crippen LogP contribution in [0.1, 0.15) is 32.2 Å². The summed E-state index contributed by atoms with van der Waals surface area (Å²) in [6.07, 6.45) is 0. The van der Waals surface area contributed by atoms with Gasteiger partial charge in [0.1, 0.15) is 0 Å². The number of pyridine rings is 1. The third-order valence-corrected chi connectivity index (χ3v) is 5.87. The molecule has 0 fully saturated rings. The van der Waals surface area contributed by atoms with Crippen molar-refractivity contribution in [1.29, 1.82) is 0 Å². The molecule has 2 aromatic heterocycles. The molecule has 2 amide bonds. The summed E-state index contributed by atoms with van der Waals surface area (Å²) in [5.41, 5.74) is 3.32. The van der Waals surface area contributed by atoms with E-state index in [4.69, 9.17) is 16.7 Å². The van der Waals surface area contributed by atoms with Crippen LogP contribution in [0.3, 0.4) is 0 Å². The van der Waals surface area contributed by atoms with Crippen LogP contribution in [0, 0.1) is 0 Å². The van der Waals surface area contributed by atoms with Gasteiger partial charge in [-0.05, 0) is 42.5 Å². The van der Waals surface area contributed by atoms with Gasteiger partial charge in [-0.1, -0.05) is 44.5 Å². The highest BCUT2D eigenvalue weighted by molar-refractivity contribution is 6.30. The Morgan fingerprint density at radius 1 is 1.09 bits per heavy atom. The third-order valence-electron chi connectivity index (χ3n) is 5.64. The Morgan fingerprint density at radius 3 is 2.57 bits per heavy atom. The number of hydrogen-bond donors (Lipinski definition) is 3. The standard InChI is InChI=1S/C26H28ClN5O3/c1-26(2,3)23-15-19(32(30-23)18-7-4-6-17(27)14-18)16-28-25(35)29-21-8-5-9-22-20(21)10-11-24(34)31(22)12-13-33/h4-11,14-15,33H,12-13,16H2,1-3H3,(H2,28,29,35). The van der Waals surface area contributed by atoms with Gasteiger partial charge in [-0.25, -0.2) is 9.48 Å². The van der Waals surface area contributed by atoms with E-state index in [1.54, 1.807) is 35.0 Å². The van der Waals surface area contributed by atoms with E-state index in [0.29, 0.717) is 21.6 Å². The number of nitrogens with one attached hydrogen (secondary N) is 2. The molecule has 35 heavy (non-hydrogen) atoms. The van der Waals surface area contributed by atoms with Gasteiger partial charge in [0.25, 0.3) is 5.56 Å². The molecule has 2 heterocycles. The number of halogens is 1. The van der Waals surface area contributed by atoms with Gasteiger partial charge >= 0.3 is 6.03 Å². The lowest BCUT2D eigenvalue weighted by atomic mass is 9.92. The van der Waals surface area contributed by atoms with E-state index >= 15 is 0 Å². The zero-order chi connectivity index (χ0) is 25.2. The van der Waals surface area contributed by atoms with Gasteiger partial charge in [0, 0.05) is 28.4 Å². The maximum atomic E-state index is 12.8. The molecule has 0 aliphatic carbocycles. The molecule has 3 N–H and O–H groups in total. The topological polar surface area (TPSA) is 101 Å². The van der Waals surface area contributed by atoms with Gasteiger partial charge in [-0.2, -0.15) is 5.10 Å². The van der Waals surface area contributed by atoms with Gasteiger partial charge in [0.15, 0.2) is 0 Å². The van der Waals surface area contributed by atoms with Crippen molar-refractivity contribution in [2.75, 3.05) is 11.9 Å². The highest BCUT2D eigenvalue weighted by atomic mass is 35.5. The Balaban J connectivity index is 1.58. The van der Waals surface area contributed by atoms with Gasteiger partial charge in [-0.3, -0.25) is 4.79 Å². The van der Waals surface area contributed by atoms with Crippen LogP contribution in [-0.4, -0.2) is 32.1 Å². The number of benzene rings is 2. The van der Waals surface area contributed by atoms with E-state index in [-0.39, 0.29) is 30.7 Å². The van der Waals surface area contributed by atoms with Crippen LogP contribution in [0.15, 0.2) is 65.5 Å². The summed E-state index contributed by atoms with van der Waals surface area (Å²) in [6, 6.07) is 17.4. The van der Waals surface area contributed by atoms with Crippen LogP contribution in [0.25, 0.3) is 16.6 Å². The molecule has 182 valence electrons. The van der Waals surface area contributed by atoms with E-state index < -0.39 is 6.03 Å². The fourth-order valence-electron chi connectivity index (χ4n) is 3.85. The number of amides is 2. The smallest absolute Gasteiger partial charge is 0.319 e. The number of nitrogens with zero attached hydrogens (tertiary/aromatic N) is 3. The molecular weight excluding hydrogens is 466 g/mol. The SMILES string of the molecule is CC(C)(C)c1cc(CNC(=O)Nc2cccc3c2ccc(=O)n3CCO)n(-c2cccc(Cl)c2)n1. The van der Waals surface area contributed by atoms with Crippen LogP contribution in [0.2, 0.25) is 5.02 Å². The molecule has 0 saturated heterocycles. The maximum absolute atomic E-state index is 12.8. The number of aliphatic hydroxyl groups is 1. The lowest BCUT2D eigenvalue weighted by Gasteiger charge is -2.14. The third kappa shape index (κ3) is 5.39. The molecule has 4 rings (SSSR count). The molecule has 2 aromatic carbocycles. The maximum Gasteiger partial charge on any atom is 0.319 e. The first-order valence-corrected chi connectivity index (χ1v) is 11.7. The zero-order valence-corrected chi connectivity index (χ0v) is 20.6. The Kier molecular flexibility index (Phi) is 6.95. The number of rotatable bonds is 6. The molecule has 0 bridgehead atoms. The first-order valence-electron chi connectivity index (χ1n) is 11.3. The molecule has 0 spiro atoms. The summed E-state index contributed by atoms with van der Waals surface area (Å²) in [5, 5.41) is 21.2. The van der Waals surface area contributed by atoms with E-state index in [0.717, 1.165) is 17.1 Å². The molecule has 0 aliphatic heterocycles. The van der Waals surface area contributed by atoms with Crippen LogP contribution in [-0.2, 0) is 18.5 Å². The minimum absolute atomic E-state index is 0.159. The highest BCUT2D eigenvalue weighted by Gasteiger charge is 2.21. The van der Waals surface area contributed by atoms with Crippen LogP contribution in [0.4, 0.5) is 10.5 Å². The van der Waals surface area contributed by atoms with Crippen molar-refractivity contribution in [3.63, 3.8) is 0 Å². The first kappa shape index (κ1) is 24.5. The van der Waals surface area contributed by atoms with Gasteiger partial charge in [0.2, 0.25) is 0 Å². The fourth-order valence-corrected chi connectivity index (χ4v) is 4.03. The first-order chi connectivity index (χ1) is 16.7. The minimum atomic E-state index is -0.395. The summed E-state index contributed by atoms with van der Waals surface area (Å²) in [7, 11) is 0. The lowest BCUT2D eigenvalue weighted by Crippen LogP contribution is -2.29. The zero-order valence-electron chi connectivity index (χ0n) is 19.9. The second-order valence-corrected chi connectivity index (χ2v) is 9.69. The number of urea groups is 1. The van der Waals surface area contributed by atoms with Crippen molar-refractivity contribution >= 4 is 34.2 Å². The number of aromatic nitrogens is 3. The second-order valence-electron chi connectivity index (χ2n) is 9.26. The van der Waals surface area contributed by atoms with Gasteiger partial charge in [-0.15, -0.1) is 0 Å². The Morgan fingerprint density at radius 2 is 1.86 bits per heavy atom. The number of fused-ring (bicyclic) bond motifs is 1. The predicted octanol–water partition coefficient (Wildman–Crippen LogP) is 4.45. The van der Waals surface area contributed by atoms with E-state index in [9.17, 15) is 14.7 Å². The van der Waals surface area contributed by atoms with Gasteiger partial charge < -0.3 is 20.3 Å². The van der Waals surface area contributed by atoms with Crippen molar-refractivity contribution in [2.24, 2.45) is 0 Å². The summed E-state index contributed by atoms with van der Waals surface area (Å²) in [4.78, 5) is 25.0. The van der Waals surface area contributed by atoms with Crippen LogP contribution in [0.5, 0.6) is 0 Å². The van der Waals surface area contributed by atoms with Crippen molar-refractivity contribution in [3.8, 4) is 5.69 Å². The van der Waals surface area contributed by atoms with Gasteiger partial charge in [0.05, 0.1) is 41.4 Å². The second kappa shape index (κ2) is 9.93. The fraction of sp³-hybridized carbons (Fsp3) is 0.269. The molecule has 0 saturated carbocycles. The molecule has 0 unspecified atom stereocenters. The predicted molar refractivity (Wildman–Crippen MR) is 138 cm³/mol. The van der Waals surface area contributed by atoms with E-state index in [2.05, 4.69) is 31.4 Å². The van der Waals surface area contributed by atoms with Crippen molar-refractivity contribution in [3.05, 3.63) is 87.4 Å². The Hall–Kier alpha value is -3.62. The van der Waals surface area contributed by atoms with Crippen LogP contribution >= 0.6 is 11.6 Å². The number of anilines is 1. The highest BCUT2D eigenvalue weighted by Crippen LogP contribution is 2.25. The van der Waals surface area contributed by atoms with E-state index in [1.807, 2.05) is 24.3 Å². The minimum Gasteiger partial charge on any atom is -0.395 e. The number of carbonyl (C=O) groups excluding carboxylic acids is 1.